The molecule has 0 bridgehead atoms. The maximum Gasteiger partial charge on any atom is 0.277 e. The van der Waals surface area contributed by atoms with E-state index >= 15 is 0 Å². The standard InChI is InChI=1S/C19H24N2O2S/c1-3-23-17-12-8-7-9-14(17)13-16-18(22)21(19(24)20(16)2)15-10-5-4-6-11-15/h7-9,12-13,15H,3-6,10-11H2,1-2H3/b16-13+. The first kappa shape index (κ1) is 17.0. The average Bonchev–Trinajstić information content (AvgIpc) is 2.81. The number of rotatable bonds is 4. The molecule has 2 fully saturated rings. The number of carbonyl (C=O) groups excluding carboxylic acids is 1. The smallest absolute Gasteiger partial charge is 0.277 e. The first-order valence-electron chi connectivity index (χ1n) is 8.68. The first-order valence-corrected chi connectivity index (χ1v) is 9.09. The van der Waals surface area contributed by atoms with Crippen molar-refractivity contribution in [1.29, 1.82) is 0 Å². The summed E-state index contributed by atoms with van der Waals surface area (Å²) < 4.78 is 5.67. The Balaban J connectivity index is 1.91. The minimum absolute atomic E-state index is 0.0145. The quantitative estimate of drug-likeness (QED) is 0.614. The van der Waals surface area contributed by atoms with Crippen LogP contribution in [0.3, 0.4) is 0 Å². The second kappa shape index (κ2) is 7.34. The Morgan fingerprint density at radius 2 is 1.96 bits per heavy atom. The second-order valence-electron chi connectivity index (χ2n) is 6.31. The van der Waals surface area contributed by atoms with Crippen LogP contribution in [-0.2, 0) is 4.79 Å². The Labute approximate surface area is 149 Å². The Morgan fingerprint density at radius 1 is 1.25 bits per heavy atom. The topological polar surface area (TPSA) is 32.8 Å². The van der Waals surface area contributed by atoms with Gasteiger partial charge in [0, 0.05) is 18.7 Å². The minimum atomic E-state index is 0.0145. The van der Waals surface area contributed by atoms with Gasteiger partial charge in [0.05, 0.1) is 6.61 Å². The van der Waals surface area contributed by atoms with Gasteiger partial charge in [-0.2, -0.15) is 0 Å². The molecule has 0 aromatic heterocycles. The van der Waals surface area contributed by atoms with E-state index in [1.807, 2.05) is 54.1 Å². The molecular formula is C19H24N2O2S. The molecule has 128 valence electrons. The number of hydrogen-bond donors (Lipinski definition) is 0. The van der Waals surface area contributed by atoms with Crippen LogP contribution in [0.15, 0.2) is 30.0 Å². The molecule has 0 N–H and O–H groups in total. The minimum Gasteiger partial charge on any atom is -0.493 e. The molecule has 0 spiro atoms. The van der Waals surface area contributed by atoms with Crippen molar-refractivity contribution in [2.24, 2.45) is 0 Å². The molecule has 2 aliphatic rings. The van der Waals surface area contributed by atoms with Gasteiger partial charge in [0.25, 0.3) is 5.91 Å². The van der Waals surface area contributed by atoms with E-state index in [4.69, 9.17) is 17.0 Å². The molecule has 5 heteroatoms. The summed E-state index contributed by atoms with van der Waals surface area (Å²) in [6.07, 6.45) is 7.58. The molecule has 1 heterocycles. The van der Waals surface area contributed by atoms with Crippen molar-refractivity contribution < 1.29 is 9.53 Å². The Hall–Kier alpha value is -1.88. The van der Waals surface area contributed by atoms with Gasteiger partial charge in [-0.25, -0.2) is 0 Å². The van der Waals surface area contributed by atoms with E-state index < -0.39 is 0 Å². The Kier molecular flexibility index (Phi) is 5.19. The average molecular weight is 344 g/mol. The Morgan fingerprint density at radius 3 is 2.67 bits per heavy atom. The summed E-state index contributed by atoms with van der Waals surface area (Å²) in [4.78, 5) is 16.6. The molecule has 0 radical (unpaired) electrons. The highest BCUT2D eigenvalue weighted by molar-refractivity contribution is 7.80. The zero-order chi connectivity index (χ0) is 17.1. The van der Waals surface area contributed by atoms with E-state index in [9.17, 15) is 4.79 Å². The van der Waals surface area contributed by atoms with E-state index in [0.717, 1.165) is 24.2 Å². The number of hydrogen-bond acceptors (Lipinski definition) is 3. The van der Waals surface area contributed by atoms with Crippen LogP contribution in [0.1, 0.15) is 44.6 Å². The first-order chi connectivity index (χ1) is 11.6. The third-order valence-electron chi connectivity index (χ3n) is 4.74. The third-order valence-corrected chi connectivity index (χ3v) is 5.21. The maximum atomic E-state index is 13.0. The summed E-state index contributed by atoms with van der Waals surface area (Å²) in [5.74, 6) is 0.802. The van der Waals surface area contributed by atoms with E-state index in [0.29, 0.717) is 17.4 Å². The van der Waals surface area contributed by atoms with Crippen molar-refractivity contribution in [3.8, 4) is 5.75 Å². The van der Waals surface area contributed by atoms with E-state index in [2.05, 4.69) is 0 Å². The van der Waals surface area contributed by atoms with Crippen LogP contribution < -0.4 is 4.74 Å². The molecule has 0 unspecified atom stereocenters. The molecule has 4 nitrogen and oxygen atoms in total. The molecule has 1 saturated heterocycles. The van der Waals surface area contributed by atoms with Gasteiger partial charge in [-0.05, 0) is 44.1 Å². The van der Waals surface area contributed by atoms with Crippen LogP contribution >= 0.6 is 12.2 Å². The number of para-hydroxylation sites is 1. The predicted molar refractivity (Wildman–Crippen MR) is 99.7 cm³/mol. The van der Waals surface area contributed by atoms with Gasteiger partial charge in [-0.15, -0.1) is 0 Å². The fourth-order valence-electron chi connectivity index (χ4n) is 3.47. The number of carbonyl (C=O) groups is 1. The highest BCUT2D eigenvalue weighted by Crippen LogP contribution is 2.31. The van der Waals surface area contributed by atoms with Crippen molar-refractivity contribution in [2.75, 3.05) is 13.7 Å². The van der Waals surface area contributed by atoms with Crippen molar-refractivity contribution in [3.05, 3.63) is 35.5 Å². The molecule has 1 aliphatic carbocycles. The number of amides is 1. The van der Waals surface area contributed by atoms with Gasteiger partial charge in [-0.1, -0.05) is 37.5 Å². The summed E-state index contributed by atoms with van der Waals surface area (Å²) >= 11 is 5.56. The molecule has 1 saturated carbocycles. The number of thiocarbonyl (C=S) groups is 1. The molecule has 1 aromatic rings. The molecule has 3 rings (SSSR count). The van der Waals surface area contributed by atoms with Crippen molar-refractivity contribution in [3.63, 3.8) is 0 Å². The lowest BCUT2D eigenvalue weighted by Gasteiger charge is -2.30. The lowest BCUT2D eigenvalue weighted by atomic mass is 9.94. The van der Waals surface area contributed by atoms with Gasteiger partial charge in [0.15, 0.2) is 5.11 Å². The SMILES string of the molecule is CCOc1ccccc1/C=C1\C(=O)N(C2CCCCC2)C(=S)N1C. The van der Waals surface area contributed by atoms with Gasteiger partial charge in [0.1, 0.15) is 11.4 Å². The number of likely N-dealkylation sites (N-methyl/N-ethyl adjacent to an activating group) is 1. The number of nitrogens with zero attached hydrogens (tertiary/aromatic N) is 2. The van der Waals surface area contributed by atoms with E-state index in [-0.39, 0.29) is 11.9 Å². The normalized spacial score (nSPS) is 21.0. The van der Waals surface area contributed by atoms with Crippen molar-refractivity contribution in [2.45, 2.75) is 45.1 Å². The number of ether oxygens (including phenoxy) is 1. The van der Waals surface area contributed by atoms with Gasteiger partial charge in [-0.3, -0.25) is 9.69 Å². The van der Waals surface area contributed by atoms with E-state index in [1.165, 1.54) is 19.3 Å². The summed E-state index contributed by atoms with van der Waals surface area (Å²) in [7, 11) is 1.87. The molecule has 1 aliphatic heterocycles. The third kappa shape index (κ3) is 3.18. The Bertz CT molecular complexity index is 665. The molecule has 1 aromatic carbocycles. The van der Waals surface area contributed by atoms with Crippen LogP contribution in [-0.4, -0.2) is 40.5 Å². The summed E-state index contributed by atoms with van der Waals surface area (Å²) in [6, 6.07) is 8.02. The maximum absolute atomic E-state index is 13.0. The molecule has 0 atom stereocenters. The highest BCUT2D eigenvalue weighted by Gasteiger charge is 2.40. The molecular weight excluding hydrogens is 320 g/mol. The van der Waals surface area contributed by atoms with Crippen LogP contribution in [0.5, 0.6) is 5.75 Å². The van der Waals surface area contributed by atoms with Crippen molar-refractivity contribution in [1.82, 2.24) is 9.80 Å². The lowest BCUT2D eigenvalue weighted by Crippen LogP contribution is -2.41. The van der Waals surface area contributed by atoms with Crippen LogP contribution in [0.2, 0.25) is 0 Å². The van der Waals surface area contributed by atoms with Crippen molar-refractivity contribution >= 4 is 29.3 Å². The molecule has 1 amide bonds. The van der Waals surface area contributed by atoms with Crippen LogP contribution in [0.4, 0.5) is 0 Å². The zero-order valence-corrected chi connectivity index (χ0v) is 15.1. The fraction of sp³-hybridized carbons (Fsp3) is 0.474. The predicted octanol–water partition coefficient (Wildman–Crippen LogP) is 3.82. The van der Waals surface area contributed by atoms with Crippen LogP contribution in [0, 0.1) is 0 Å². The van der Waals surface area contributed by atoms with Gasteiger partial charge < -0.3 is 9.64 Å². The second-order valence-corrected chi connectivity index (χ2v) is 6.67. The largest absolute Gasteiger partial charge is 0.493 e. The highest BCUT2D eigenvalue weighted by atomic mass is 32.1. The molecule has 24 heavy (non-hydrogen) atoms. The fourth-order valence-corrected chi connectivity index (χ4v) is 3.80. The monoisotopic (exact) mass is 344 g/mol. The summed E-state index contributed by atoms with van der Waals surface area (Å²) in [5.41, 5.74) is 1.53. The summed E-state index contributed by atoms with van der Waals surface area (Å²) in [5, 5.41) is 0.618. The van der Waals surface area contributed by atoms with Gasteiger partial charge in [0.2, 0.25) is 0 Å². The lowest BCUT2D eigenvalue weighted by molar-refractivity contribution is -0.124. The summed E-state index contributed by atoms with van der Waals surface area (Å²) in [6.45, 7) is 2.55. The zero-order valence-electron chi connectivity index (χ0n) is 14.3. The number of benzene rings is 1. The van der Waals surface area contributed by atoms with Crippen LogP contribution in [0.25, 0.3) is 6.08 Å². The van der Waals surface area contributed by atoms with Gasteiger partial charge >= 0.3 is 0 Å². The van der Waals surface area contributed by atoms with E-state index in [1.54, 1.807) is 0 Å².